The minimum absolute atomic E-state index is 0.0310. The summed E-state index contributed by atoms with van der Waals surface area (Å²) in [5, 5.41) is 9.44. The maximum absolute atomic E-state index is 13.5. The first-order chi connectivity index (χ1) is 18.2. The molecule has 9 heteroatoms. The second kappa shape index (κ2) is 11.7. The van der Waals surface area contributed by atoms with Crippen molar-refractivity contribution in [1.82, 2.24) is 0 Å². The molecule has 0 aliphatic heterocycles. The Balaban J connectivity index is 1.64. The summed E-state index contributed by atoms with van der Waals surface area (Å²) in [5.41, 5.74) is 0. The molecule has 0 fully saturated rings. The number of phenols is 1. The van der Waals surface area contributed by atoms with Gasteiger partial charge in [-0.2, -0.15) is 0 Å². The van der Waals surface area contributed by atoms with Crippen LogP contribution in [0.4, 0.5) is 0 Å². The normalized spacial score (nSPS) is 11.7. The monoisotopic (exact) mass is 552 g/mol. The molecule has 0 amide bonds. The molecule has 0 atom stereocenters. The summed E-state index contributed by atoms with van der Waals surface area (Å²) in [6, 6.07) is 23.6. The Bertz CT molecular complexity index is 1580. The summed E-state index contributed by atoms with van der Waals surface area (Å²) < 4.78 is 64.6. The molecule has 0 saturated heterocycles. The van der Waals surface area contributed by atoms with Crippen LogP contribution in [0.5, 0.6) is 23.0 Å². The molecule has 7 nitrogen and oxygen atoms in total. The highest BCUT2D eigenvalue weighted by Crippen LogP contribution is 2.36. The molecule has 0 unspecified atom stereocenters. The highest BCUT2D eigenvalue weighted by Gasteiger charge is 2.24. The van der Waals surface area contributed by atoms with Crippen LogP contribution in [0.25, 0.3) is 0 Å². The molecular weight excluding hydrogens is 524 g/mol. The minimum Gasteiger partial charge on any atom is -0.508 e. The Hall–Kier alpha value is -3.82. The van der Waals surface area contributed by atoms with Crippen LogP contribution in [-0.4, -0.2) is 28.5 Å². The average Bonchev–Trinajstić information content (AvgIpc) is 2.93. The third-order valence-electron chi connectivity index (χ3n) is 5.78. The molecule has 0 bridgehead atoms. The van der Waals surface area contributed by atoms with Crippen molar-refractivity contribution in [1.29, 1.82) is 0 Å². The number of hydrogen-bond acceptors (Lipinski definition) is 7. The van der Waals surface area contributed by atoms with Gasteiger partial charge in [-0.05, 0) is 79.2 Å². The zero-order valence-corrected chi connectivity index (χ0v) is 22.4. The van der Waals surface area contributed by atoms with Gasteiger partial charge in [0, 0.05) is 6.07 Å². The third kappa shape index (κ3) is 6.17. The van der Waals surface area contributed by atoms with E-state index in [2.05, 4.69) is 6.92 Å². The van der Waals surface area contributed by atoms with E-state index in [-0.39, 0.29) is 36.8 Å². The molecule has 0 aliphatic rings. The molecule has 0 aliphatic carbocycles. The molecule has 38 heavy (non-hydrogen) atoms. The van der Waals surface area contributed by atoms with Crippen molar-refractivity contribution in [3.05, 3.63) is 97.1 Å². The van der Waals surface area contributed by atoms with Crippen molar-refractivity contribution in [2.75, 3.05) is 6.61 Å². The van der Waals surface area contributed by atoms with E-state index in [1.165, 1.54) is 72.8 Å². The predicted octanol–water partition coefficient (Wildman–Crippen LogP) is 6.42. The summed E-state index contributed by atoms with van der Waals surface area (Å²) in [6.07, 6.45) is 2.91. The van der Waals surface area contributed by atoms with E-state index >= 15 is 0 Å². The lowest BCUT2D eigenvalue weighted by Gasteiger charge is -2.15. The van der Waals surface area contributed by atoms with Crippen molar-refractivity contribution >= 4 is 19.7 Å². The van der Waals surface area contributed by atoms with Gasteiger partial charge in [0.05, 0.1) is 21.3 Å². The molecule has 4 aromatic rings. The molecule has 0 radical (unpaired) electrons. The number of aromatic hydroxyl groups is 1. The van der Waals surface area contributed by atoms with Gasteiger partial charge in [0.2, 0.25) is 19.7 Å². The number of phenolic OH excluding ortho intramolecular Hbond substituents is 1. The largest absolute Gasteiger partial charge is 0.508 e. The highest BCUT2D eigenvalue weighted by molar-refractivity contribution is 7.91. The smallest absolute Gasteiger partial charge is 0.210 e. The number of rotatable bonds is 11. The minimum atomic E-state index is -3.94. The van der Waals surface area contributed by atoms with E-state index in [0.29, 0.717) is 12.4 Å². The van der Waals surface area contributed by atoms with Crippen LogP contribution in [0.3, 0.4) is 0 Å². The van der Waals surface area contributed by atoms with Crippen LogP contribution in [0.2, 0.25) is 0 Å². The van der Waals surface area contributed by atoms with E-state index in [4.69, 9.17) is 9.47 Å². The van der Waals surface area contributed by atoms with Gasteiger partial charge in [-0.25, -0.2) is 16.8 Å². The van der Waals surface area contributed by atoms with Crippen LogP contribution < -0.4 is 9.47 Å². The van der Waals surface area contributed by atoms with Crippen molar-refractivity contribution in [3.8, 4) is 23.0 Å². The van der Waals surface area contributed by atoms with Gasteiger partial charge in [-0.1, -0.05) is 38.0 Å². The third-order valence-corrected chi connectivity index (χ3v) is 9.36. The van der Waals surface area contributed by atoms with E-state index in [1.54, 1.807) is 24.3 Å². The first-order valence-corrected chi connectivity index (χ1v) is 15.1. The Morgan fingerprint density at radius 2 is 1.24 bits per heavy atom. The Morgan fingerprint density at radius 1 is 0.658 bits per heavy atom. The maximum Gasteiger partial charge on any atom is 0.210 e. The quantitative estimate of drug-likeness (QED) is 0.214. The van der Waals surface area contributed by atoms with Gasteiger partial charge in [-0.15, -0.1) is 0 Å². The summed E-state index contributed by atoms with van der Waals surface area (Å²) in [6.45, 7) is 2.56. The fourth-order valence-corrected chi connectivity index (χ4v) is 6.39. The number of benzene rings is 4. The van der Waals surface area contributed by atoms with E-state index in [0.717, 1.165) is 19.3 Å². The highest BCUT2D eigenvalue weighted by atomic mass is 32.2. The Kier molecular flexibility index (Phi) is 8.38. The Labute approximate surface area is 223 Å². The van der Waals surface area contributed by atoms with E-state index < -0.39 is 19.7 Å². The zero-order valence-electron chi connectivity index (χ0n) is 20.8. The van der Waals surface area contributed by atoms with Gasteiger partial charge in [0.1, 0.15) is 27.9 Å². The van der Waals surface area contributed by atoms with Gasteiger partial charge < -0.3 is 14.6 Å². The topological polar surface area (TPSA) is 107 Å². The summed E-state index contributed by atoms with van der Waals surface area (Å²) >= 11 is 0. The lowest BCUT2D eigenvalue weighted by atomic mass is 10.2. The number of hydrogen-bond donors (Lipinski definition) is 1. The number of ether oxygens (including phenoxy) is 2. The van der Waals surface area contributed by atoms with Crippen LogP contribution in [0, 0.1) is 0 Å². The summed E-state index contributed by atoms with van der Waals surface area (Å²) in [7, 11) is -7.75. The first kappa shape index (κ1) is 27.2. The molecule has 0 saturated carbocycles. The number of unbranched alkanes of at least 4 members (excludes halogenated alkanes) is 2. The van der Waals surface area contributed by atoms with Gasteiger partial charge >= 0.3 is 0 Å². The van der Waals surface area contributed by atoms with Crippen LogP contribution in [0.1, 0.15) is 26.2 Å². The van der Waals surface area contributed by atoms with E-state index in [9.17, 15) is 21.9 Å². The summed E-state index contributed by atoms with van der Waals surface area (Å²) in [4.78, 5) is 0.124. The first-order valence-electron chi connectivity index (χ1n) is 12.1. The van der Waals surface area contributed by atoms with Crippen molar-refractivity contribution in [3.63, 3.8) is 0 Å². The zero-order chi connectivity index (χ0) is 27.2. The molecule has 198 valence electrons. The number of sulfone groups is 2. The molecule has 4 aromatic carbocycles. The second-order valence-corrected chi connectivity index (χ2v) is 12.4. The fourth-order valence-electron chi connectivity index (χ4n) is 3.72. The average molecular weight is 553 g/mol. The molecular formula is C29H28O7S2. The SMILES string of the molecule is CCCCCOc1ccc(Oc2ccc(S(=O)(=O)c3ccc(O)cc3)cc2)c(S(=O)(=O)c2ccccc2)c1. The van der Waals surface area contributed by atoms with Gasteiger partial charge in [-0.3, -0.25) is 0 Å². The molecule has 0 heterocycles. The van der Waals surface area contributed by atoms with Crippen LogP contribution >= 0.6 is 0 Å². The molecule has 0 aromatic heterocycles. The standard InChI is InChI=1S/C29H28O7S2/c1-2-3-7-20-35-24-14-19-28(29(21-24)38(33,34)25-8-5-4-6-9-25)36-23-12-17-27(18-13-23)37(31,32)26-15-10-22(30)11-16-26/h4-6,8-19,21,30H,2-3,7,20H2,1H3. The summed E-state index contributed by atoms with van der Waals surface area (Å²) in [5.74, 6) is 0.726. The van der Waals surface area contributed by atoms with Gasteiger partial charge in [0.25, 0.3) is 0 Å². The maximum atomic E-state index is 13.5. The van der Waals surface area contributed by atoms with Gasteiger partial charge in [0.15, 0.2) is 0 Å². The molecule has 1 N–H and O–H groups in total. The van der Waals surface area contributed by atoms with Crippen LogP contribution in [0.15, 0.2) is 117 Å². The predicted molar refractivity (Wildman–Crippen MR) is 143 cm³/mol. The van der Waals surface area contributed by atoms with E-state index in [1.807, 2.05) is 0 Å². The Morgan fingerprint density at radius 3 is 1.87 bits per heavy atom. The van der Waals surface area contributed by atoms with Crippen molar-refractivity contribution in [2.45, 2.75) is 45.8 Å². The molecule has 4 rings (SSSR count). The molecule has 0 spiro atoms. The lowest BCUT2D eigenvalue weighted by Crippen LogP contribution is -2.06. The van der Waals surface area contributed by atoms with Crippen molar-refractivity contribution in [2.24, 2.45) is 0 Å². The fraction of sp³-hybridized carbons (Fsp3) is 0.172. The van der Waals surface area contributed by atoms with Crippen molar-refractivity contribution < 1.29 is 31.4 Å². The van der Waals surface area contributed by atoms with Crippen LogP contribution in [-0.2, 0) is 19.7 Å². The second-order valence-electron chi connectivity index (χ2n) is 8.55. The lowest BCUT2D eigenvalue weighted by molar-refractivity contribution is 0.305.